The molecule has 0 aliphatic heterocycles. The second kappa shape index (κ2) is 3.24. The van der Waals surface area contributed by atoms with Crippen molar-refractivity contribution in [3.05, 3.63) is 35.1 Å². The van der Waals surface area contributed by atoms with E-state index in [0.717, 1.165) is 12.1 Å². The van der Waals surface area contributed by atoms with Crippen LogP contribution in [0.5, 0.6) is 0 Å². The molecular weight excluding hydrogens is 220 g/mol. The molecule has 0 N–H and O–H groups in total. The summed E-state index contributed by atoms with van der Waals surface area (Å²) in [6.45, 7) is 0. The summed E-state index contributed by atoms with van der Waals surface area (Å²) in [5.41, 5.74) is -1.32. The average molecular weight is 228 g/mol. The highest BCUT2D eigenvalue weighted by atomic mass is 19.4. The monoisotopic (exact) mass is 228 g/mol. The van der Waals surface area contributed by atoms with Crippen molar-refractivity contribution in [2.75, 3.05) is 0 Å². The largest absolute Gasteiger partial charge is 0.419 e. The summed E-state index contributed by atoms with van der Waals surface area (Å²) in [6, 6.07) is 2.91. The summed E-state index contributed by atoms with van der Waals surface area (Å²) < 4.78 is 50.1. The topological polar surface area (TPSA) is 0 Å². The van der Waals surface area contributed by atoms with Crippen molar-refractivity contribution in [2.45, 2.75) is 24.4 Å². The van der Waals surface area contributed by atoms with E-state index in [0.29, 0.717) is 18.4 Å². The van der Waals surface area contributed by atoms with Crippen molar-refractivity contribution >= 4 is 0 Å². The fourth-order valence-electron chi connectivity index (χ4n) is 1.68. The standard InChI is InChI=1S/C12H8F4/c1-2-11(5-6-11)8-3-4-9(10(13)7-8)12(14,15)16/h1,3-4,7H,5-6H2. The first-order valence-corrected chi connectivity index (χ1v) is 4.74. The van der Waals surface area contributed by atoms with E-state index in [1.54, 1.807) is 0 Å². The molecule has 1 aromatic carbocycles. The Labute approximate surface area is 90.3 Å². The molecule has 4 heteroatoms. The normalized spacial score (nSPS) is 17.9. The molecule has 2 rings (SSSR count). The third kappa shape index (κ3) is 1.67. The Morgan fingerprint density at radius 2 is 1.88 bits per heavy atom. The predicted molar refractivity (Wildman–Crippen MR) is 51.1 cm³/mol. The molecular formula is C12H8F4. The zero-order valence-corrected chi connectivity index (χ0v) is 8.24. The summed E-state index contributed by atoms with van der Waals surface area (Å²) in [4.78, 5) is 0. The lowest BCUT2D eigenvalue weighted by molar-refractivity contribution is -0.140. The van der Waals surface area contributed by atoms with Gasteiger partial charge in [-0.05, 0) is 30.5 Å². The first kappa shape index (κ1) is 11.0. The van der Waals surface area contributed by atoms with Crippen LogP contribution in [-0.4, -0.2) is 0 Å². The Hall–Kier alpha value is -1.50. The van der Waals surface area contributed by atoms with Crippen molar-refractivity contribution in [3.63, 3.8) is 0 Å². The minimum absolute atomic E-state index is 0.459. The highest BCUT2D eigenvalue weighted by Gasteiger charge is 2.44. The van der Waals surface area contributed by atoms with Gasteiger partial charge in [0.15, 0.2) is 0 Å². The van der Waals surface area contributed by atoms with E-state index < -0.39 is 23.0 Å². The minimum atomic E-state index is -4.66. The molecule has 0 bridgehead atoms. The Morgan fingerprint density at radius 3 is 2.25 bits per heavy atom. The number of hydrogen-bond acceptors (Lipinski definition) is 0. The first-order valence-electron chi connectivity index (χ1n) is 4.74. The Morgan fingerprint density at radius 1 is 1.25 bits per heavy atom. The van der Waals surface area contributed by atoms with E-state index in [-0.39, 0.29) is 0 Å². The van der Waals surface area contributed by atoms with Gasteiger partial charge in [-0.25, -0.2) is 4.39 Å². The summed E-state index contributed by atoms with van der Waals surface area (Å²) in [6.07, 6.45) is 2.03. The van der Waals surface area contributed by atoms with Gasteiger partial charge in [-0.3, -0.25) is 0 Å². The van der Waals surface area contributed by atoms with E-state index >= 15 is 0 Å². The van der Waals surface area contributed by atoms with E-state index in [2.05, 4.69) is 5.92 Å². The van der Waals surface area contributed by atoms with Gasteiger partial charge in [0.2, 0.25) is 0 Å². The van der Waals surface area contributed by atoms with Crippen molar-refractivity contribution < 1.29 is 17.6 Å². The second-order valence-electron chi connectivity index (χ2n) is 3.92. The third-order valence-electron chi connectivity index (χ3n) is 2.85. The number of halogens is 4. The highest BCUT2D eigenvalue weighted by Crippen LogP contribution is 2.48. The fraction of sp³-hybridized carbons (Fsp3) is 0.333. The van der Waals surface area contributed by atoms with E-state index in [1.165, 1.54) is 6.07 Å². The van der Waals surface area contributed by atoms with Gasteiger partial charge in [-0.1, -0.05) is 12.0 Å². The Bertz CT molecular complexity index is 461. The van der Waals surface area contributed by atoms with Gasteiger partial charge in [-0.2, -0.15) is 13.2 Å². The molecule has 0 amide bonds. The van der Waals surface area contributed by atoms with Gasteiger partial charge in [-0.15, -0.1) is 6.42 Å². The van der Waals surface area contributed by atoms with Crippen molar-refractivity contribution in [1.82, 2.24) is 0 Å². The molecule has 1 fully saturated rings. The maximum atomic E-state index is 13.3. The summed E-state index contributed by atoms with van der Waals surface area (Å²) in [5.74, 6) is 1.25. The molecule has 0 atom stereocenters. The quantitative estimate of drug-likeness (QED) is 0.509. The van der Waals surface area contributed by atoms with Crippen molar-refractivity contribution in [1.29, 1.82) is 0 Å². The molecule has 0 heterocycles. The van der Waals surface area contributed by atoms with Crippen LogP contribution < -0.4 is 0 Å². The third-order valence-corrected chi connectivity index (χ3v) is 2.85. The van der Waals surface area contributed by atoms with Crippen LogP contribution in [-0.2, 0) is 11.6 Å². The van der Waals surface area contributed by atoms with Crippen molar-refractivity contribution in [2.24, 2.45) is 0 Å². The van der Waals surface area contributed by atoms with Crippen LogP contribution in [0.4, 0.5) is 17.6 Å². The SMILES string of the molecule is C#CC1(c2ccc(C(F)(F)F)c(F)c2)CC1. The van der Waals surface area contributed by atoms with Gasteiger partial charge in [0.05, 0.1) is 11.0 Å². The smallest absolute Gasteiger partial charge is 0.206 e. The molecule has 0 nitrogen and oxygen atoms in total. The van der Waals surface area contributed by atoms with Gasteiger partial charge < -0.3 is 0 Å². The molecule has 0 aromatic heterocycles. The summed E-state index contributed by atoms with van der Waals surface area (Å²) in [5, 5.41) is 0. The van der Waals surface area contributed by atoms with E-state index in [4.69, 9.17) is 6.42 Å². The van der Waals surface area contributed by atoms with Crippen LogP contribution in [0.2, 0.25) is 0 Å². The van der Waals surface area contributed by atoms with Crippen LogP contribution in [0, 0.1) is 18.2 Å². The molecule has 0 unspecified atom stereocenters. The minimum Gasteiger partial charge on any atom is -0.206 e. The van der Waals surface area contributed by atoms with Crippen LogP contribution in [0.25, 0.3) is 0 Å². The molecule has 84 valence electrons. The number of rotatable bonds is 1. The molecule has 1 aliphatic carbocycles. The Kier molecular flexibility index (Phi) is 2.23. The maximum absolute atomic E-state index is 13.3. The van der Waals surface area contributed by atoms with Gasteiger partial charge >= 0.3 is 6.18 Å². The average Bonchev–Trinajstić information content (AvgIpc) is 2.96. The summed E-state index contributed by atoms with van der Waals surface area (Å²) in [7, 11) is 0. The van der Waals surface area contributed by atoms with Crippen LogP contribution in [0.3, 0.4) is 0 Å². The Balaban J connectivity index is 2.42. The lowest BCUT2D eigenvalue weighted by Crippen LogP contribution is -2.10. The highest BCUT2D eigenvalue weighted by molar-refractivity contribution is 5.42. The second-order valence-corrected chi connectivity index (χ2v) is 3.92. The number of benzene rings is 1. The molecule has 0 spiro atoms. The predicted octanol–water partition coefficient (Wildman–Crippen LogP) is 3.51. The zero-order chi connectivity index (χ0) is 12.0. The fourth-order valence-corrected chi connectivity index (χ4v) is 1.68. The van der Waals surface area contributed by atoms with Gasteiger partial charge in [0.1, 0.15) is 5.82 Å². The molecule has 0 saturated heterocycles. The van der Waals surface area contributed by atoms with Gasteiger partial charge in [0, 0.05) is 0 Å². The van der Waals surface area contributed by atoms with E-state index in [9.17, 15) is 17.6 Å². The molecule has 16 heavy (non-hydrogen) atoms. The van der Waals surface area contributed by atoms with Crippen LogP contribution in [0.15, 0.2) is 18.2 Å². The molecule has 1 aromatic rings. The van der Waals surface area contributed by atoms with Crippen molar-refractivity contribution in [3.8, 4) is 12.3 Å². The maximum Gasteiger partial charge on any atom is 0.419 e. The first-order chi connectivity index (χ1) is 7.39. The molecule has 1 saturated carbocycles. The van der Waals surface area contributed by atoms with Crippen LogP contribution in [0.1, 0.15) is 24.0 Å². The zero-order valence-electron chi connectivity index (χ0n) is 8.24. The number of hydrogen-bond donors (Lipinski definition) is 0. The molecule has 0 radical (unpaired) electrons. The number of alkyl halides is 3. The molecule has 1 aliphatic rings. The summed E-state index contributed by atoms with van der Waals surface area (Å²) >= 11 is 0. The number of terminal acetylenes is 1. The lowest BCUT2D eigenvalue weighted by Gasteiger charge is -2.12. The van der Waals surface area contributed by atoms with E-state index in [1.807, 2.05) is 0 Å². The van der Waals surface area contributed by atoms with Crippen LogP contribution >= 0.6 is 0 Å². The lowest BCUT2D eigenvalue weighted by atomic mass is 9.95. The van der Waals surface area contributed by atoms with Gasteiger partial charge in [0.25, 0.3) is 0 Å².